The third kappa shape index (κ3) is 5.70. The fourth-order valence-corrected chi connectivity index (χ4v) is 2.97. The van der Waals surface area contributed by atoms with Crippen LogP contribution < -0.4 is 5.32 Å². The van der Waals surface area contributed by atoms with Crippen molar-refractivity contribution in [3.05, 3.63) is 47.8 Å². The molecule has 1 aliphatic rings. The highest BCUT2D eigenvalue weighted by atomic mass is 16.3. The standard InChI is InChI=1S/C21H33NO2/c1-15(2)21(7,8)13-20(5,6)14-22-18(24)16-10-9-11-19(3,4)12-17(16)23/h9-12,23H,1,13-14H2,2-8H3,(H,22,24). The number of carbonyl (C=O) groups is 1. The van der Waals surface area contributed by atoms with Crippen molar-refractivity contribution in [1.82, 2.24) is 5.32 Å². The number of aliphatic hydroxyl groups is 1. The second kappa shape index (κ2) is 7.00. The molecule has 0 spiro atoms. The molecular formula is C21H33NO2. The Bertz CT molecular complexity index is 601. The van der Waals surface area contributed by atoms with Gasteiger partial charge in [0.15, 0.2) is 0 Å². The lowest BCUT2D eigenvalue weighted by atomic mass is 9.72. The molecule has 0 atom stereocenters. The molecule has 3 heteroatoms. The number of aliphatic hydroxyl groups excluding tert-OH is 1. The van der Waals surface area contributed by atoms with Gasteiger partial charge in [-0.15, -0.1) is 0 Å². The molecule has 0 aromatic rings. The Morgan fingerprint density at radius 2 is 1.88 bits per heavy atom. The van der Waals surface area contributed by atoms with Gasteiger partial charge in [0, 0.05) is 12.0 Å². The Hall–Kier alpha value is -1.77. The quantitative estimate of drug-likeness (QED) is 0.666. The van der Waals surface area contributed by atoms with Crippen molar-refractivity contribution in [3.8, 4) is 0 Å². The molecule has 134 valence electrons. The first-order valence-electron chi connectivity index (χ1n) is 8.52. The van der Waals surface area contributed by atoms with Crippen molar-refractivity contribution >= 4 is 5.91 Å². The summed E-state index contributed by atoms with van der Waals surface area (Å²) in [5.41, 5.74) is 1.13. The van der Waals surface area contributed by atoms with Crippen molar-refractivity contribution in [1.29, 1.82) is 0 Å². The molecule has 0 bridgehead atoms. The van der Waals surface area contributed by atoms with Gasteiger partial charge in [0.25, 0.3) is 5.91 Å². The second-order valence-electron chi connectivity index (χ2n) is 8.98. The van der Waals surface area contributed by atoms with Gasteiger partial charge in [-0.1, -0.05) is 65.8 Å². The minimum atomic E-state index is -0.270. The van der Waals surface area contributed by atoms with E-state index in [0.717, 1.165) is 12.0 Å². The number of amides is 1. The van der Waals surface area contributed by atoms with Crippen LogP contribution in [0.15, 0.2) is 47.8 Å². The second-order valence-corrected chi connectivity index (χ2v) is 8.98. The minimum absolute atomic E-state index is 0.0185. The van der Waals surface area contributed by atoms with E-state index in [9.17, 15) is 9.90 Å². The molecule has 0 radical (unpaired) electrons. The molecule has 3 nitrogen and oxygen atoms in total. The highest BCUT2D eigenvalue weighted by Gasteiger charge is 2.30. The predicted molar refractivity (Wildman–Crippen MR) is 102 cm³/mol. The smallest absolute Gasteiger partial charge is 0.255 e. The van der Waals surface area contributed by atoms with Gasteiger partial charge in [-0.2, -0.15) is 0 Å². The number of nitrogens with one attached hydrogen (secondary N) is 1. The van der Waals surface area contributed by atoms with E-state index in [-0.39, 0.29) is 27.9 Å². The summed E-state index contributed by atoms with van der Waals surface area (Å²) in [4.78, 5) is 12.5. The Balaban J connectivity index is 2.77. The molecule has 24 heavy (non-hydrogen) atoms. The topological polar surface area (TPSA) is 49.3 Å². The maximum atomic E-state index is 12.5. The number of carbonyl (C=O) groups excluding carboxylic acids is 1. The molecule has 1 amide bonds. The highest BCUT2D eigenvalue weighted by molar-refractivity contribution is 5.97. The zero-order valence-electron chi connectivity index (χ0n) is 16.3. The normalized spacial score (nSPS) is 17.6. The van der Waals surface area contributed by atoms with Crippen molar-refractivity contribution in [2.24, 2.45) is 16.2 Å². The van der Waals surface area contributed by atoms with Crippen LogP contribution in [0.3, 0.4) is 0 Å². The summed E-state index contributed by atoms with van der Waals surface area (Å²) in [5.74, 6) is -0.213. The predicted octanol–water partition coefficient (Wildman–Crippen LogP) is 5.09. The lowest BCUT2D eigenvalue weighted by Crippen LogP contribution is -2.37. The fourth-order valence-electron chi connectivity index (χ4n) is 2.97. The molecule has 0 saturated carbocycles. The van der Waals surface area contributed by atoms with Gasteiger partial charge in [-0.05, 0) is 36.3 Å². The molecule has 0 aliphatic heterocycles. The molecule has 0 aromatic carbocycles. The molecule has 0 heterocycles. The van der Waals surface area contributed by atoms with E-state index in [1.54, 1.807) is 12.2 Å². The van der Waals surface area contributed by atoms with Gasteiger partial charge in [0.05, 0.1) is 5.57 Å². The number of hydrogen-bond donors (Lipinski definition) is 2. The third-order valence-electron chi connectivity index (χ3n) is 4.62. The molecule has 0 saturated heterocycles. The third-order valence-corrected chi connectivity index (χ3v) is 4.62. The number of rotatable bonds is 6. The molecule has 0 fully saturated rings. The first kappa shape index (κ1) is 20.3. The van der Waals surface area contributed by atoms with Crippen LogP contribution in [0.5, 0.6) is 0 Å². The van der Waals surface area contributed by atoms with E-state index in [4.69, 9.17) is 0 Å². The number of allylic oxidation sites excluding steroid dienone is 5. The van der Waals surface area contributed by atoms with E-state index < -0.39 is 0 Å². The Morgan fingerprint density at radius 1 is 1.29 bits per heavy atom. The summed E-state index contributed by atoms with van der Waals surface area (Å²) in [7, 11) is 0. The highest BCUT2D eigenvalue weighted by Crippen LogP contribution is 2.38. The monoisotopic (exact) mass is 331 g/mol. The number of hydrogen-bond acceptors (Lipinski definition) is 2. The van der Waals surface area contributed by atoms with Gasteiger partial charge in [-0.25, -0.2) is 0 Å². The Morgan fingerprint density at radius 3 is 2.42 bits per heavy atom. The fraction of sp³-hybridized carbons (Fsp3) is 0.571. The van der Waals surface area contributed by atoms with Crippen LogP contribution in [0.4, 0.5) is 0 Å². The van der Waals surface area contributed by atoms with Gasteiger partial charge >= 0.3 is 0 Å². The summed E-state index contributed by atoms with van der Waals surface area (Å²) < 4.78 is 0. The average Bonchev–Trinajstić information content (AvgIpc) is 2.52. The Labute approximate surface area is 147 Å². The average molecular weight is 332 g/mol. The van der Waals surface area contributed by atoms with E-state index in [2.05, 4.69) is 39.6 Å². The first-order chi connectivity index (χ1) is 10.8. The lowest BCUT2D eigenvalue weighted by molar-refractivity contribution is -0.118. The molecular weight excluding hydrogens is 298 g/mol. The summed E-state index contributed by atoms with van der Waals surface area (Å²) in [6, 6.07) is 0. The zero-order valence-corrected chi connectivity index (χ0v) is 16.3. The van der Waals surface area contributed by atoms with Crippen LogP contribution >= 0.6 is 0 Å². The van der Waals surface area contributed by atoms with E-state index in [1.807, 2.05) is 32.9 Å². The Kier molecular flexibility index (Phi) is 5.91. The van der Waals surface area contributed by atoms with Crippen LogP contribution in [0.25, 0.3) is 0 Å². The minimum Gasteiger partial charge on any atom is -0.507 e. The van der Waals surface area contributed by atoms with Gasteiger partial charge in [-0.3, -0.25) is 4.79 Å². The SMILES string of the molecule is C=C(C)C(C)(C)CC(C)(C)CNC(=O)C1=CC=CC(C)(C)C=C1O. The van der Waals surface area contributed by atoms with Gasteiger partial charge in [0.2, 0.25) is 0 Å². The van der Waals surface area contributed by atoms with E-state index >= 15 is 0 Å². The van der Waals surface area contributed by atoms with Gasteiger partial charge < -0.3 is 10.4 Å². The lowest BCUT2D eigenvalue weighted by Gasteiger charge is -2.35. The van der Waals surface area contributed by atoms with Crippen LogP contribution in [-0.2, 0) is 4.79 Å². The molecule has 0 aromatic heterocycles. The zero-order chi connectivity index (χ0) is 18.8. The molecule has 2 N–H and O–H groups in total. The largest absolute Gasteiger partial charge is 0.507 e. The summed E-state index contributed by atoms with van der Waals surface area (Å²) in [6.45, 7) is 19.2. The van der Waals surface area contributed by atoms with Crippen molar-refractivity contribution < 1.29 is 9.90 Å². The molecule has 0 unspecified atom stereocenters. The van der Waals surface area contributed by atoms with Crippen molar-refractivity contribution in [2.45, 2.75) is 54.9 Å². The first-order valence-corrected chi connectivity index (χ1v) is 8.52. The van der Waals surface area contributed by atoms with E-state index in [1.165, 1.54) is 0 Å². The molecule has 1 rings (SSSR count). The summed E-state index contributed by atoms with van der Waals surface area (Å²) >= 11 is 0. The summed E-state index contributed by atoms with van der Waals surface area (Å²) in [5, 5.41) is 13.2. The molecule has 1 aliphatic carbocycles. The van der Waals surface area contributed by atoms with Crippen LogP contribution in [0.1, 0.15) is 54.9 Å². The van der Waals surface area contributed by atoms with Gasteiger partial charge in [0.1, 0.15) is 5.76 Å². The van der Waals surface area contributed by atoms with Crippen LogP contribution in [-0.4, -0.2) is 17.6 Å². The van der Waals surface area contributed by atoms with Crippen molar-refractivity contribution in [3.63, 3.8) is 0 Å². The maximum Gasteiger partial charge on any atom is 0.255 e. The van der Waals surface area contributed by atoms with Crippen molar-refractivity contribution in [2.75, 3.05) is 6.54 Å². The van der Waals surface area contributed by atoms with Crippen LogP contribution in [0.2, 0.25) is 0 Å². The van der Waals surface area contributed by atoms with E-state index in [0.29, 0.717) is 12.1 Å². The summed E-state index contributed by atoms with van der Waals surface area (Å²) in [6.07, 6.45) is 8.08. The van der Waals surface area contributed by atoms with Crippen LogP contribution in [0, 0.1) is 16.2 Å². The maximum absolute atomic E-state index is 12.5.